The number of benzene rings is 1. The van der Waals surface area contributed by atoms with Crippen LogP contribution in [0.1, 0.15) is 26.2 Å². The molecule has 0 radical (unpaired) electrons. The Labute approximate surface area is 132 Å². The van der Waals surface area contributed by atoms with Gasteiger partial charge >= 0.3 is 0 Å². The van der Waals surface area contributed by atoms with E-state index in [1.807, 2.05) is 11.6 Å². The number of carbonyl (C=O) groups excluding carboxylic acids is 1. The van der Waals surface area contributed by atoms with Gasteiger partial charge in [0, 0.05) is 18.6 Å². The summed E-state index contributed by atoms with van der Waals surface area (Å²) in [7, 11) is -4.23. The third-order valence-electron chi connectivity index (χ3n) is 3.60. The van der Waals surface area contributed by atoms with E-state index >= 15 is 0 Å². The molecule has 22 heavy (non-hydrogen) atoms. The molecule has 1 N–H and O–H groups in total. The van der Waals surface area contributed by atoms with Crippen molar-refractivity contribution in [1.82, 2.24) is 4.72 Å². The van der Waals surface area contributed by atoms with Crippen molar-refractivity contribution in [3.05, 3.63) is 33.3 Å². The summed E-state index contributed by atoms with van der Waals surface area (Å²) < 4.78 is 26.3. The number of hydrogen-bond acceptors (Lipinski definition) is 5. The molecule has 0 saturated heterocycles. The van der Waals surface area contributed by atoms with Gasteiger partial charge in [0.05, 0.1) is 9.95 Å². The highest BCUT2D eigenvalue weighted by Crippen LogP contribution is 2.38. The molecule has 9 heteroatoms. The van der Waals surface area contributed by atoms with Gasteiger partial charge < -0.3 is 0 Å². The largest absolute Gasteiger partial charge is 0.274 e. The maximum absolute atomic E-state index is 12.2. The summed E-state index contributed by atoms with van der Waals surface area (Å²) in [6, 6.07) is 3.05. The molecule has 1 aromatic rings. The zero-order chi connectivity index (χ0) is 16.5. The number of nitrogens with zero attached hydrogens (tertiary/aromatic N) is 1. The average molecular weight is 347 g/mol. The van der Waals surface area contributed by atoms with E-state index in [9.17, 15) is 23.3 Å². The Kier molecular flexibility index (Phi) is 4.72. The maximum Gasteiger partial charge on any atom is 0.270 e. The normalized spacial score (nSPS) is 16.1. The summed E-state index contributed by atoms with van der Waals surface area (Å²) in [5.74, 6) is -0.0624. The molecule has 1 saturated carbocycles. The van der Waals surface area contributed by atoms with Crippen LogP contribution in [0.3, 0.4) is 0 Å². The number of amides is 1. The standard InChI is InChI=1S/C13H15ClN2O5S/c1-8(9-2-3-9)6-13(17)15-22(20,21)12-7-10(16(18)19)4-5-11(12)14/h4-5,7-9H,2-3,6H2,1H3,(H,15,17)/t8-/m1/s1. The number of rotatable bonds is 6. The van der Waals surface area contributed by atoms with Crippen LogP contribution in [-0.4, -0.2) is 19.2 Å². The number of sulfonamides is 1. The molecule has 120 valence electrons. The fourth-order valence-corrected chi connectivity index (χ4v) is 3.70. The first-order valence-electron chi connectivity index (χ1n) is 6.70. The van der Waals surface area contributed by atoms with Crippen molar-refractivity contribution in [2.75, 3.05) is 0 Å². The molecule has 1 aliphatic rings. The zero-order valence-corrected chi connectivity index (χ0v) is 13.4. The Balaban J connectivity index is 2.17. The molecular formula is C13H15ClN2O5S. The Morgan fingerprint density at radius 2 is 2.14 bits per heavy atom. The van der Waals surface area contributed by atoms with E-state index in [4.69, 9.17) is 11.6 Å². The molecule has 1 fully saturated rings. The van der Waals surface area contributed by atoms with Crippen LogP contribution in [0.4, 0.5) is 5.69 Å². The molecule has 7 nitrogen and oxygen atoms in total. The van der Waals surface area contributed by atoms with Crippen LogP contribution in [0.25, 0.3) is 0 Å². The lowest BCUT2D eigenvalue weighted by Gasteiger charge is -2.11. The number of nitro groups is 1. The molecule has 0 spiro atoms. The number of carbonyl (C=O) groups is 1. The van der Waals surface area contributed by atoms with Crippen molar-refractivity contribution in [2.45, 2.75) is 31.1 Å². The molecule has 0 bridgehead atoms. The molecule has 0 unspecified atom stereocenters. The van der Waals surface area contributed by atoms with Crippen LogP contribution in [0.2, 0.25) is 5.02 Å². The number of non-ortho nitro benzene ring substituents is 1. The van der Waals surface area contributed by atoms with E-state index in [1.165, 1.54) is 0 Å². The predicted molar refractivity (Wildman–Crippen MR) is 79.9 cm³/mol. The van der Waals surface area contributed by atoms with Crippen molar-refractivity contribution in [3.63, 3.8) is 0 Å². The van der Waals surface area contributed by atoms with E-state index in [2.05, 4.69) is 0 Å². The minimum absolute atomic E-state index is 0.0937. The van der Waals surface area contributed by atoms with E-state index < -0.39 is 31.4 Å². The van der Waals surface area contributed by atoms with Crippen LogP contribution in [0.15, 0.2) is 23.1 Å². The Morgan fingerprint density at radius 3 is 2.68 bits per heavy atom. The summed E-state index contributed by atoms with van der Waals surface area (Å²) in [5.41, 5.74) is -0.413. The van der Waals surface area contributed by atoms with Gasteiger partial charge in [-0.05, 0) is 30.7 Å². The summed E-state index contributed by atoms with van der Waals surface area (Å²) in [6.07, 6.45) is 2.20. The van der Waals surface area contributed by atoms with E-state index in [-0.39, 0.29) is 17.4 Å². The molecule has 1 atom stereocenters. The topological polar surface area (TPSA) is 106 Å². The second kappa shape index (κ2) is 6.21. The molecule has 1 amide bonds. The highest BCUT2D eigenvalue weighted by atomic mass is 35.5. The van der Waals surface area contributed by atoms with Crippen LogP contribution in [0.5, 0.6) is 0 Å². The first kappa shape index (κ1) is 16.7. The second-order valence-corrected chi connectivity index (χ2v) is 7.48. The van der Waals surface area contributed by atoms with Gasteiger partial charge in [-0.25, -0.2) is 13.1 Å². The molecular weight excluding hydrogens is 332 g/mol. The SMILES string of the molecule is C[C@H](CC(=O)NS(=O)(=O)c1cc([N+](=O)[O-])ccc1Cl)C1CC1. The maximum atomic E-state index is 12.2. The van der Waals surface area contributed by atoms with E-state index in [0.29, 0.717) is 5.92 Å². The monoisotopic (exact) mass is 346 g/mol. The van der Waals surface area contributed by atoms with Crippen LogP contribution in [-0.2, 0) is 14.8 Å². The molecule has 1 aliphatic carbocycles. The highest BCUT2D eigenvalue weighted by Gasteiger charge is 2.31. The Morgan fingerprint density at radius 1 is 1.50 bits per heavy atom. The van der Waals surface area contributed by atoms with Gasteiger partial charge in [0.25, 0.3) is 15.7 Å². The van der Waals surface area contributed by atoms with E-state index in [0.717, 1.165) is 31.0 Å². The first-order valence-corrected chi connectivity index (χ1v) is 8.56. The minimum Gasteiger partial charge on any atom is -0.274 e. The van der Waals surface area contributed by atoms with Crippen molar-refractivity contribution >= 4 is 33.2 Å². The minimum atomic E-state index is -4.23. The zero-order valence-electron chi connectivity index (χ0n) is 11.8. The van der Waals surface area contributed by atoms with Crippen LogP contribution < -0.4 is 4.72 Å². The molecule has 1 aromatic carbocycles. The Bertz CT molecular complexity index is 715. The quantitative estimate of drug-likeness (QED) is 0.629. The van der Waals surface area contributed by atoms with Crippen molar-refractivity contribution < 1.29 is 18.1 Å². The summed E-state index contributed by atoms with van der Waals surface area (Å²) >= 11 is 5.78. The number of nitro benzene ring substituents is 1. The second-order valence-electron chi connectivity index (χ2n) is 5.42. The van der Waals surface area contributed by atoms with Gasteiger partial charge in [-0.15, -0.1) is 0 Å². The highest BCUT2D eigenvalue weighted by molar-refractivity contribution is 7.90. The third-order valence-corrected chi connectivity index (χ3v) is 5.45. The van der Waals surface area contributed by atoms with Crippen LogP contribution in [0, 0.1) is 22.0 Å². The first-order chi connectivity index (χ1) is 10.2. The van der Waals surface area contributed by atoms with Gasteiger partial charge in [0.2, 0.25) is 5.91 Å². The van der Waals surface area contributed by atoms with Crippen LogP contribution >= 0.6 is 11.6 Å². The Hall–Kier alpha value is -1.67. The molecule has 0 aliphatic heterocycles. The summed E-state index contributed by atoms with van der Waals surface area (Å²) in [5, 5.41) is 10.5. The lowest BCUT2D eigenvalue weighted by atomic mass is 10.0. The summed E-state index contributed by atoms with van der Waals surface area (Å²) in [6.45, 7) is 1.89. The average Bonchev–Trinajstić information content (AvgIpc) is 3.21. The van der Waals surface area contributed by atoms with Crippen molar-refractivity contribution in [1.29, 1.82) is 0 Å². The van der Waals surface area contributed by atoms with E-state index in [1.54, 1.807) is 0 Å². The van der Waals surface area contributed by atoms with Gasteiger partial charge in [-0.1, -0.05) is 18.5 Å². The van der Waals surface area contributed by atoms with Gasteiger partial charge in [0.1, 0.15) is 4.90 Å². The van der Waals surface area contributed by atoms with Crippen molar-refractivity contribution in [2.24, 2.45) is 11.8 Å². The smallest absolute Gasteiger partial charge is 0.270 e. The fourth-order valence-electron chi connectivity index (χ4n) is 2.18. The summed E-state index contributed by atoms with van der Waals surface area (Å²) in [4.78, 5) is 21.4. The molecule has 2 rings (SSSR count). The lowest BCUT2D eigenvalue weighted by molar-refractivity contribution is -0.385. The van der Waals surface area contributed by atoms with Crippen molar-refractivity contribution in [3.8, 4) is 0 Å². The number of nitrogens with one attached hydrogen (secondary N) is 1. The number of halogens is 1. The number of hydrogen-bond donors (Lipinski definition) is 1. The van der Waals surface area contributed by atoms with Gasteiger partial charge in [0.15, 0.2) is 0 Å². The molecule has 0 aromatic heterocycles. The predicted octanol–water partition coefficient (Wildman–Crippen LogP) is 2.49. The fraction of sp³-hybridized carbons (Fsp3) is 0.462. The van der Waals surface area contributed by atoms with Gasteiger partial charge in [-0.2, -0.15) is 0 Å². The van der Waals surface area contributed by atoms with Gasteiger partial charge in [-0.3, -0.25) is 14.9 Å². The lowest BCUT2D eigenvalue weighted by Crippen LogP contribution is -2.32. The third kappa shape index (κ3) is 3.95. The molecule has 0 heterocycles.